The Morgan fingerprint density at radius 3 is 2.49 bits per heavy atom. The standard InChI is InChI=1S/C20H22N2O4.C9H19NO/c1-22-11-15(13-5-8-17-18(10-13)26-12-25-17)19(20(23)24)16(22)7-6-14-4-2-3-9-21-14;1-3-5-7-10(9-11)8-6-4-2/h2-5,8-10,15-16,19H,6-7,11-12H2,1H3,(H,23,24);9H,3-8H2,1-2H3. The highest BCUT2D eigenvalue weighted by Gasteiger charge is 2.45. The first-order chi connectivity index (χ1) is 18.0. The van der Waals surface area contributed by atoms with Gasteiger partial charge in [-0.3, -0.25) is 14.6 Å². The van der Waals surface area contributed by atoms with Gasteiger partial charge < -0.3 is 24.4 Å². The lowest BCUT2D eigenvalue weighted by Gasteiger charge is -2.23. The number of carbonyl (C=O) groups excluding carboxylic acids is 1. The maximum Gasteiger partial charge on any atom is 0.308 e. The van der Waals surface area contributed by atoms with E-state index in [1.54, 1.807) is 6.20 Å². The molecule has 1 N–H and O–H groups in total. The molecule has 2 aromatic rings. The number of likely N-dealkylation sites (N-methyl/N-ethyl adjacent to an activating group) is 1. The molecule has 0 saturated carbocycles. The second-order valence-corrected chi connectivity index (χ2v) is 9.80. The highest BCUT2D eigenvalue weighted by molar-refractivity contribution is 5.73. The van der Waals surface area contributed by atoms with E-state index in [0.717, 1.165) is 75.0 Å². The number of hydrogen-bond acceptors (Lipinski definition) is 6. The van der Waals surface area contributed by atoms with Gasteiger partial charge in [-0.15, -0.1) is 0 Å². The number of hydrogen-bond donors (Lipinski definition) is 1. The zero-order chi connectivity index (χ0) is 26.6. The van der Waals surface area contributed by atoms with Gasteiger partial charge in [-0.1, -0.05) is 38.8 Å². The Balaban J connectivity index is 0.000000295. The molecule has 4 rings (SSSR count). The van der Waals surface area contributed by atoms with Gasteiger partial charge in [0.15, 0.2) is 11.5 Å². The zero-order valence-electron chi connectivity index (χ0n) is 22.3. The summed E-state index contributed by atoms with van der Waals surface area (Å²) in [5.41, 5.74) is 1.99. The predicted molar refractivity (Wildman–Crippen MR) is 143 cm³/mol. The number of pyridine rings is 1. The number of benzene rings is 1. The summed E-state index contributed by atoms with van der Waals surface area (Å²) in [6, 6.07) is 11.6. The molecule has 1 saturated heterocycles. The molecule has 0 radical (unpaired) electrons. The van der Waals surface area contributed by atoms with E-state index in [4.69, 9.17) is 9.47 Å². The second-order valence-electron chi connectivity index (χ2n) is 9.80. The van der Waals surface area contributed by atoms with Gasteiger partial charge in [-0.25, -0.2) is 0 Å². The smallest absolute Gasteiger partial charge is 0.308 e. The molecule has 8 heteroatoms. The van der Waals surface area contributed by atoms with Crippen LogP contribution in [-0.4, -0.2) is 71.8 Å². The minimum absolute atomic E-state index is 0.0232. The SMILES string of the molecule is CCCCN(C=O)CCCC.CN1CC(c2ccc3c(c2)OCO3)C(C(=O)O)C1CCc1ccccn1. The monoisotopic (exact) mass is 511 g/mol. The molecule has 202 valence electrons. The Labute approximate surface area is 220 Å². The lowest BCUT2D eigenvalue weighted by molar-refractivity contribution is -0.143. The number of carbonyl (C=O) groups is 2. The number of carboxylic acid groups (broad SMARTS) is 1. The van der Waals surface area contributed by atoms with Crippen molar-refractivity contribution < 1.29 is 24.2 Å². The van der Waals surface area contributed by atoms with Crippen molar-refractivity contribution >= 4 is 12.4 Å². The van der Waals surface area contributed by atoms with Crippen LogP contribution in [0.1, 0.15) is 63.1 Å². The predicted octanol–water partition coefficient (Wildman–Crippen LogP) is 4.59. The molecule has 0 aliphatic carbocycles. The van der Waals surface area contributed by atoms with Crippen molar-refractivity contribution in [2.45, 2.75) is 64.3 Å². The Kier molecular flexibility index (Phi) is 11.2. The van der Waals surface area contributed by atoms with Crippen LogP contribution in [0.15, 0.2) is 42.6 Å². The first-order valence-corrected chi connectivity index (χ1v) is 13.4. The third-order valence-corrected chi connectivity index (χ3v) is 7.18. The maximum absolute atomic E-state index is 12.1. The van der Waals surface area contributed by atoms with Gasteiger partial charge in [0.25, 0.3) is 0 Å². The van der Waals surface area contributed by atoms with Crippen LogP contribution in [0.4, 0.5) is 0 Å². The van der Waals surface area contributed by atoms with Crippen LogP contribution >= 0.6 is 0 Å². The van der Waals surface area contributed by atoms with E-state index in [-0.39, 0.29) is 18.8 Å². The van der Waals surface area contributed by atoms with Gasteiger partial charge in [0.1, 0.15) is 0 Å². The number of aromatic nitrogens is 1. The number of likely N-dealkylation sites (tertiary alicyclic amines) is 1. The van der Waals surface area contributed by atoms with Crippen LogP contribution in [0.25, 0.3) is 0 Å². The molecule has 1 amide bonds. The van der Waals surface area contributed by atoms with Gasteiger partial charge in [0.2, 0.25) is 13.2 Å². The number of amides is 1. The van der Waals surface area contributed by atoms with Crippen molar-refractivity contribution in [3.63, 3.8) is 0 Å². The van der Waals surface area contributed by atoms with Crippen molar-refractivity contribution in [1.29, 1.82) is 0 Å². The third kappa shape index (κ3) is 7.92. The molecule has 3 heterocycles. The largest absolute Gasteiger partial charge is 0.481 e. The van der Waals surface area contributed by atoms with Crippen LogP contribution in [0, 0.1) is 5.92 Å². The van der Waals surface area contributed by atoms with E-state index in [0.29, 0.717) is 12.3 Å². The summed E-state index contributed by atoms with van der Waals surface area (Å²) in [6.07, 6.45) is 8.86. The highest BCUT2D eigenvalue weighted by atomic mass is 16.7. The van der Waals surface area contributed by atoms with Crippen molar-refractivity contribution in [3.05, 3.63) is 53.9 Å². The first kappa shape index (κ1) is 28.4. The first-order valence-electron chi connectivity index (χ1n) is 13.4. The molecule has 37 heavy (non-hydrogen) atoms. The molecule has 2 aliphatic rings. The van der Waals surface area contributed by atoms with Gasteiger partial charge in [0, 0.05) is 43.5 Å². The fourth-order valence-electron chi connectivity index (χ4n) is 5.08. The lowest BCUT2D eigenvalue weighted by atomic mass is 9.83. The highest BCUT2D eigenvalue weighted by Crippen LogP contribution is 2.42. The number of carboxylic acids is 1. The van der Waals surface area contributed by atoms with Crippen LogP contribution in [0.2, 0.25) is 0 Å². The summed E-state index contributed by atoms with van der Waals surface area (Å²) in [7, 11) is 2.01. The van der Waals surface area contributed by atoms with E-state index in [2.05, 4.69) is 23.7 Å². The molecule has 1 aromatic heterocycles. The van der Waals surface area contributed by atoms with E-state index in [1.165, 1.54) is 0 Å². The van der Waals surface area contributed by atoms with Crippen LogP contribution in [-0.2, 0) is 16.0 Å². The second kappa shape index (κ2) is 14.6. The van der Waals surface area contributed by atoms with Crippen molar-refractivity contribution in [3.8, 4) is 11.5 Å². The number of rotatable bonds is 12. The van der Waals surface area contributed by atoms with Crippen LogP contribution < -0.4 is 9.47 Å². The molecule has 3 unspecified atom stereocenters. The quantitative estimate of drug-likeness (QED) is 0.417. The van der Waals surface area contributed by atoms with Crippen LogP contribution in [0.5, 0.6) is 11.5 Å². The molecule has 0 bridgehead atoms. The number of nitrogens with zero attached hydrogens (tertiary/aromatic N) is 3. The van der Waals surface area contributed by atoms with Crippen molar-refractivity contribution in [1.82, 2.24) is 14.8 Å². The van der Waals surface area contributed by atoms with Crippen molar-refractivity contribution in [2.24, 2.45) is 5.92 Å². The van der Waals surface area contributed by atoms with E-state index >= 15 is 0 Å². The van der Waals surface area contributed by atoms with Gasteiger partial charge >= 0.3 is 5.97 Å². The molecule has 3 atom stereocenters. The maximum atomic E-state index is 12.1. The number of unbranched alkanes of at least 4 members (excludes halogenated alkanes) is 2. The average Bonchev–Trinajstić information content (AvgIpc) is 3.52. The molecule has 8 nitrogen and oxygen atoms in total. The normalized spacial score (nSPS) is 20.2. The van der Waals surface area contributed by atoms with Gasteiger partial charge in [-0.05, 0) is 62.6 Å². The number of aliphatic carboxylic acids is 1. The van der Waals surface area contributed by atoms with E-state index in [1.807, 2.05) is 48.3 Å². The Morgan fingerprint density at radius 1 is 1.14 bits per heavy atom. The molecule has 1 aromatic carbocycles. The number of aryl methyl sites for hydroxylation is 1. The Bertz CT molecular complexity index is 979. The minimum atomic E-state index is -0.747. The minimum Gasteiger partial charge on any atom is -0.481 e. The fourth-order valence-corrected chi connectivity index (χ4v) is 5.08. The number of fused-ring (bicyclic) bond motifs is 1. The molecular weight excluding hydrogens is 470 g/mol. The molecule has 0 spiro atoms. The summed E-state index contributed by atoms with van der Waals surface area (Å²) >= 11 is 0. The fraction of sp³-hybridized carbons (Fsp3) is 0.552. The van der Waals surface area contributed by atoms with Crippen LogP contribution in [0.3, 0.4) is 0 Å². The van der Waals surface area contributed by atoms with Crippen molar-refractivity contribution in [2.75, 3.05) is 33.5 Å². The summed E-state index contributed by atoms with van der Waals surface area (Å²) in [5.74, 6) is 0.151. The summed E-state index contributed by atoms with van der Waals surface area (Å²) in [4.78, 5) is 30.9. The summed E-state index contributed by atoms with van der Waals surface area (Å²) < 4.78 is 10.8. The Morgan fingerprint density at radius 2 is 1.86 bits per heavy atom. The zero-order valence-corrected chi connectivity index (χ0v) is 22.3. The molecule has 2 aliphatic heterocycles. The number of ether oxygens (including phenoxy) is 2. The molecular formula is C29H41N3O5. The van der Waals surface area contributed by atoms with E-state index in [9.17, 15) is 14.7 Å². The topological polar surface area (TPSA) is 92.2 Å². The Hall–Kier alpha value is -3.13. The molecule has 1 fully saturated rings. The lowest BCUT2D eigenvalue weighted by Crippen LogP contribution is -2.34. The summed E-state index contributed by atoms with van der Waals surface area (Å²) in [5, 5.41) is 9.93. The average molecular weight is 512 g/mol. The van der Waals surface area contributed by atoms with Gasteiger partial charge in [0.05, 0.1) is 5.92 Å². The third-order valence-electron chi connectivity index (χ3n) is 7.18. The summed E-state index contributed by atoms with van der Waals surface area (Å²) in [6.45, 7) is 7.08. The van der Waals surface area contributed by atoms with Gasteiger partial charge in [-0.2, -0.15) is 0 Å². The van der Waals surface area contributed by atoms with E-state index < -0.39 is 11.9 Å².